The van der Waals surface area contributed by atoms with Gasteiger partial charge in [-0.25, -0.2) is 9.37 Å². The molecule has 2 aromatic heterocycles. The fourth-order valence-electron chi connectivity index (χ4n) is 3.20. The molecule has 1 aliphatic heterocycles. The first-order valence-corrected chi connectivity index (χ1v) is 8.31. The summed E-state index contributed by atoms with van der Waals surface area (Å²) >= 11 is 0. The van der Waals surface area contributed by atoms with E-state index in [1.54, 1.807) is 27.7 Å². The number of benzene rings is 1. The normalized spacial score (nSPS) is 13.5. The monoisotopic (exact) mass is 352 g/mol. The van der Waals surface area contributed by atoms with Crippen molar-refractivity contribution in [1.82, 2.24) is 19.4 Å². The van der Waals surface area contributed by atoms with Crippen LogP contribution in [-0.2, 0) is 20.0 Å². The maximum Gasteiger partial charge on any atom is 0.270 e. The maximum atomic E-state index is 13.1. The van der Waals surface area contributed by atoms with Gasteiger partial charge >= 0.3 is 0 Å². The van der Waals surface area contributed by atoms with E-state index in [4.69, 9.17) is 0 Å². The van der Waals surface area contributed by atoms with E-state index in [1.165, 1.54) is 12.1 Å². The first kappa shape index (κ1) is 16.3. The number of amides is 1. The summed E-state index contributed by atoms with van der Waals surface area (Å²) in [4.78, 5) is 34.1. The Balaban J connectivity index is 1.68. The van der Waals surface area contributed by atoms with Crippen LogP contribution in [0.3, 0.4) is 0 Å². The molecule has 1 aromatic carbocycles. The van der Waals surface area contributed by atoms with Crippen molar-refractivity contribution in [3.63, 3.8) is 0 Å². The Labute approximate surface area is 148 Å². The zero-order valence-electron chi connectivity index (χ0n) is 14.2. The van der Waals surface area contributed by atoms with Crippen LogP contribution < -0.4 is 5.56 Å². The fraction of sp³-hybridized carbons (Fsp3) is 0.211. The van der Waals surface area contributed by atoms with E-state index in [9.17, 15) is 14.0 Å². The third-order valence-electron chi connectivity index (χ3n) is 4.64. The summed E-state index contributed by atoms with van der Waals surface area (Å²) in [7, 11) is 1.82. The van der Waals surface area contributed by atoms with Crippen LogP contribution in [0.4, 0.5) is 4.39 Å². The highest BCUT2D eigenvalue weighted by atomic mass is 19.1. The molecule has 6 nitrogen and oxygen atoms in total. The van der Waals surface area contributed by atoms with Crippen molar-refractivity contribution in [2.75, 3.05) is 6.54 Å². The van der Waals surface area contributed by atoms with Crippen molar-refractivity contribution in [1.29, 1.82) is 0 Å². The lowest BCUT2D eigenvalue weighted by atomic mass is 10.1. The number of rotatable bonds is 2. The predicted molar refractivity (Wildman–Crippen MR) is 94.1 cm³/mol. The van der Waals surface area contributed by atoms with Crippen molar-refractivity contribution < 1.29 is 9.18 Å². The Morgan fingerprint density at radius 3 is 2.69 bits per heavy atom. The number of fused-ring (bicyclic) bond motifs is 1. The Bertz CT molecular complexity index is 1040. The topological polar surface area (TPSA) is 71.0 Å². The third-order valence-corrected chi connectivity index (χ3v) is 4.64. The van der Waals surface area contributed by atoms with E-state index >= 15 is 0 Å². The molecule has 1 N–H and O–H groups in total. The molecule has 0 fully saturated rings. The molecule has 3 aromatic rings. The van der Waals surface area contributed by atoms with Crippen molar-refractivity contribution in [3.05, 3.63) is 75.7 Å². The van der Waals surface area contributed by atoms with Gasteiger partial charge in [-0.1, -0.05) is 0 Å². The Kier molecular flexibility index (Phi) is 3.91. The molecule has 0 aliphatic carbocycles. The van der Waals surface area contributed by atoms with Crippen molar-refractivity contribution >= 4 is 5.91 Å². The highest BCUT2D eigenvalue weighted by Crippen LogP contribution is 2.20. The van der Waals surface area contributed by atoms with Gasteiger partial charge in [-0.3, -0.25) is 9.59 Å². The number of carbonyl (C=O) groups is 1. The molecule has 0 unspecified atom stereocenters. The Morgan fingerprint density at radius 1 is 1.23 bits per heavy atom. The second-order valence-electron chi connectivity index (χ2n) is 6.33. The van der Waals surface area contributed by atoms with Gasteiger partial charge in [-0.05, 0) is 42.8 Å². The quantitative estimate of drug-likeness (QED) is 0.768. The molecule has 0 spiro atoms. The SMILES string of the molecule is Cn1cccc1C(=O)N1CCc2c(nc(-c3ccc(F)cc3)[nH]c2=O)C1. The van der Waals surface area contributed by atoms with E-state index in [1.807, 2.05) is 19.3 Å². The van der Waals surface area contributed by atoms with Gasteiger partial charge in [0.1, 0.15) is 17.3 Å². The largest absolute Gasteiger partial charge is 0.347 e. The molecule has 7 heteroatoms. The van der Waals surface area contributed by atoms with Gasteiger partial charge in [0.05, 0.1) is 12.2 Å². The fourth-order valence-corrected chi connectivity index (χ4v) is 3.20. The minimum Gasteiger partial charge on any atom is -0.347 e. The molecular formula is C19H17FN4O2. The molecule has 0 saturated carbocycles. The second-order valence-corrected chi connectivity index (χ2v) is 6.33. The summed E-state index contributed by atoms with van der Waals surface area (Å²) in [6.07, 6.45) is 2.28. The molecule has 1 aliphatic rings. The zero-order chi connectivity index (χ0) is 18.3. The minimum atomic E-state index is -0.353. The van der Waals surface area contributed by atoms with Gasteiger partial charge in [0.25, 0.3) is 11.5 Å². The van der Waals surface area contributed by atoms with Crippen LogP contribution in [-0.4, -0.2) is 31.9 Å². The molecule has 1 amide bonds. The van der Waals surface area contributed by atoms with Gasteiger partial charge < -0.3 is 14.5 Å². The highest BCUT2D eigenvalue weighted by molar-refractivity contribution is 5.92. The van der Waals surface area contributed by atoms with Crippen molar-refractivity contribution in [2.24, 2.45) is 7.05 Å². The zero-order valence-corrected chi connectivity index (χ0v) is 14.2. The summed E-state index contributed by atoms with van der Waals surface area (Å²) in [6.45, 7) is 0.745. The third kappa shape index (κ3) is 2.81. The molecule has 0 saturated heterocycles. The van der Waals surface area contributed by atoms with Gasteiger partial charge in [0.2, 0.25) is 0 Å². The smallest absolute Gasteiger partial charge is 0.270 e. The first-order valence-electron chi connectivity index (χ1n) is 8.31. The lowest BCUT2D eigenvalue weighted by molar-refractivity contribution is 0.0721. The van der Waals surface area contributed by atoms with Crippen LogP contribution in [0.1, 0.15) is 21.7 Å². The maximum absolute atomic E-state index is 13.1. The van der Waals surface area contributed by atoms with E-state index < -0.39 is 0 Å². The van der Waals surface area contributed by atoms with Gasteiger partial charge in [0.15, 0.2) is 0 Å². The minimum absolute atomic E-state index is 0.0893. The number of aromatic amines is 1. The van der Waals surface area contributed by atoms with Crippen molar-refractivity contribution in [3.8, 4) is 11.4 Å². The Hall–Kier alpha value is -3.22. The molecule has 0 radical (unpaired) electrons. The number of carbonyl (C=O) groups excluding carboxylic acids is 1. The summed E-state index contributed by atoms with van der Waals surface area (Å²) in [5, 5.41) is 0. The molecule has 0 bridgehead atoms. The number of H-pyrrole nitrogens is 1. The van der Waals surface area contributed by atoms with E-state index in [-0.39, 0.29) is 23.8 Å². The standard InChI is InChI=1S/C19H17FN4O2/c1-23-9-2-3-16(23)19(26)24-10-8-14-15(11-24)21-17(22-18(14)25)12-4-6-13(20)7-5-12/h2-7,9H,8,10-11H2,1H3,(H,21,22,25). The van der Waals surface area contributed by atoms with E-state index in [0.29, 0.717) is 41.3 Å². The van der Waals surface area contributed by atoms with Crippen LogP contribution in [0.5, 0.6) is 0 Å². The molecule has 4 rings (SSSR count). The van der Waals surface area contributed by atoms with Crippen LogP contribution in [0.25, 0.3) is 11.4 Å². The van der Waals surface area contributed by atoms with Gasteiger partial charge in [-0.2, -0.15) is 0 Å². The number of aromatic nitrogens is 3. The molecule has 3 heterocycles. The molecule has 0 atom stereocenters. The molecule has 26 heavy (non-hydrogen) atoms. The van der Waals surface area contributed by atoms with Crippen LogP contribution in [0, 0.1) is 5.82 Å². The molecule has 132 valence electrons. The van der Waals surface area contributed by atoms with E-state index in [2.05, 4.69) is 9.97 Å². The van der Waals surface area contributed by atoms with Crippen LogP contribution in [0.15, 0.2) is 47.4 Å². The summed E-state index contributed by atoms with van der Waals surface area (Å²) in [5.74, 6) is -0.0659. The van der Waals surface area contributed by atoms with E-state index in [0.717, 1.165) is 0 Å². The molecular weight excluding hydrogens is 335 g/mol. The second kappa shape index (κ2) is 6.25. The number of hydrogen-bond acceptors (Lipinski definition) is 3. The first-order chi connectivity index (χ1) is 12.5. The van der Waals surface area contributed by atoms with Gasteiger partial charge in [-0.15, -0.1) is 0 Å². The number of aryl methyl sites for hydroxylation is 1. The van der Waals surface area contributed by atoms with Crippen LogP contribution in [0.2, 0.25) is 0 Å². The predicted octanol–water partition coefficient (Wildman–Crippen LogP) is 2.11. The highest BCUT2D eigenvalue weighted by Gasteiger charge is 2.26. The Morgan fingerprint density at radius 2 is 2.00 bits per heavy atom. The number of halogens is 1. The lowest BCUT2D eigenvalue weighted by Gasteiger charge is -2.28. The average molecular weight is 352 g/mol. The number of hydrogen-bond donors (Lipinski definition) is 1. The lowest BCUT2D eigenvalue weighted by Crippen LogP contribution is -2.39. The number of nitrogens with zero attached hydrogens (tertiary/aromatic N) is 3. The summed E-state index contributed by atoms with van der Waals surface area (Å²) in [6, 6.07) is 9.36. The summed E-state index contributed by atoms with van der Waals surface area (Å²) in [5.41, 5.74) is 2.20. The summed E-state index contributed by atoms with van der Waals surface area (Å²) < 4.78 is 14.9. The van der Waals surface area contributed by atoms with Crippen LogP contribution >= 0.6 is 0 Å². The number of nitrogens with one attached hydrogen (secondary N) is 1. The average Bonchev–Trinajstić information content (AvgIpc) is 3.07. The van der Waals surface area contributed by atoms with Gasteiger partial charge in [0, 0.05) is 30.9 Å². The van der Waals surface area contributed by atoms with Crippen molar-refractivity contribution in [2.45, 2.75) is 13.0 Å².